The van der Waals surface area contributed by atoms with Crippen molar-refractivity contribution in [3.05, 3.63) is 29.1 Å². The SMILES string of the molecule is CCCCCCCCCCCCCCCCCCCN(CCCCCCCCCCCCCCCCCC)c1c(F)c(F)c(F)c(F)c1F.Cl. The first kappa shape index (κ1) is 49.0. The van der Waals surface area contributed by atoms with Crippen LogP contribution in [0.25, 0.3) is 0 Å². The number of anilines is 1. The fourth-order valence-corrected chi connectivity index (χ4v) is 7.08. The van der Waals surface area contributed by atoms with Crippen LogP contribution in [-0.2, 0) is 0 Å². The largest absolute Gasteiger partial charge is 0.367 e. The van der Waals surface area contributed by atoms with Crippen LogP contribution in [0.2, 0.25) is 0 Å². The summed E-state index contributed by atoms with van der Waals surface area (Å²) in [6.07, 6.45) is 40.6. The summed E-state index contributed by atoms with van der Waals surface area (Å²) in [7, 11) is 0. The molecule has 0 aliphatic heterocycles. The van der Waals surface area contributed by atoms with Crippen molar-refractivity contribution >= 4 is 18.1 Å². The molecule has 1 aromatic rings. The molecule has 0 radical (unpaired) electrons. The zero-order chi connectivity index (χ0) is 35.8. The van der Waals surface area contributed by atoms with Crippen molar-refractivity contribution in [2.75, 3.05) is 18.0 Å². The highest BCUT2D eigenvalue weighted by atomic mass is 35.5. The summed E-state index contributed by atoms with van der Waals surface area (Å²) in [5.41, 5.74) is -0.756. The van der Waals surface area contributed by atoms with E-state index in [1.165, 1.54) is 165 Å². The van der Waals surface area contributed by atoms with E-state index in [-0.39, 0.29) is 12.4 Å². The first-order valence-electron chi connectivity index (χ1n) is 21.2. The molecule has 0 saturated heterocycles. The molecule has 1 nitrogen and oxygen atoms in total. The van der Waals surface area contributed by atoms with E-state index in [9.17, 15) is 22.0 Å². The lowest BCUT2D eigenvalue weighted by Gasteiger charge is -2.26. The van der Waals surface area contributed by atoms with E-state index >= 15 is 0 Å². The normalized spacial score (nSPS) is 11.3. The van der Waals surface area contributed by atoms with E-state index in [4.69, 9.17) is 0 Å². The van der Waals surface area contributed by atoms with Gasteiger partial charge < -0.3 is 4.90 Å². The highest BCUT2D eigenvalue weighted by Crippen LogP contribution is 2.31. The van der Waals surface area contributed by atoms with E-state index in [1.54, 1.807) is 0 Å². The summed E-state index contributed by atoms with van der Waals surface area (Å²) in [5, 5.41) is 0. The van der Waals surface area contributed by atoms with Gasteiger partial charge in [-0.15, -0.1) is 12.4 Å². The molecule has 1 aromatic carbocycles. The summed E-state index contributed by atoms with van der Waals surface area (Å²) in [5.74, 6) is -9.21. The summed E-state index contributed by atoms with van der Waals surface area (Å²) >= 11 is 0. The average Bonchev–Trinajstić information content (AvgIpc) is 3.10. The van der Waals surface area contributed by atoms with Crippen LogP contribution in [0.4, 0.5) is 27.6 Å². The maximum Gasteiger partial charge on any atom is 0.200 e. The number of nitrogens with zero attached hydrogens (tertiary/aromatic N) is 1. The van der Waals surface area contributed by atoms with Gasteiger partial charge in [0.15, 0.2) is 23.3 Å². The first-order valence-corrected chi connectivity index (χ1v) is 21.2. The van der Waals surface area contributed by atoms with Gasteiger partial charge in [0.2, 0.25) is 5.82 Å². The minimum absolute atomic E-state index is 0. The molecule has 0 bridgehead atoms. The standard InChI is InChI=1S/C43H76F5N.ClH/c1-3-5-7-9-11-13-15-17-19-21-23-25-27-29-31-33-35-37-49(43-41(47)39(45)38(44)40(46)42(43)48)36-34-32-30-28-26-24-22-20-18-16-14-12-10-8-6-4-2;/h3-37H2,1-2H3;1H. The molecule has 0 saturated carbocycles. The van der Waals surface area contributed by atoms with Crippen LogP contribution in [-0.4, -0.2) is 13.1 Å². The minimum atomic E-state index is -2.08. The second kappa shape index (κ2) is 35.0. The topological polar surface area (TPSA) is 3.24 Å². The minimum Gasteiger partial charge on any atom is -0.367 e. The lowest BCUT2D eigenvalue weighted by atomic mass is 10.0. The van der Waals surface area contributed by atoms with Crippen molar-refractivity contribution in [2.24, 2.45) is 0 Å². The monoisotopic (exact) mass is 738 g/mol. The van der Waals surface area contributed by atoms with Crippen molar-refractivity contribution in [2.45, 2.75) is 226 Å². The quantitative estimate of drug-likeness (QED) is 0.0287. The molecule has 0 aliphatic carbocycles. The van der Waals surface area contributed by atoms with Gasteiger partial charge in [-0.2, -0.15) is 0 Å². The van der Waals surface area contributed by atoms with Gasteiger partial charge in [-0.1, -0.05) is 213 Å². The van der Waals surface area contributed by atoms with E-state index in [0.717, 1.165) is 38.5 Å². The van der Waals surface area contributed by atoms with Crippen molar-refractivity contribution in [1.29, 1.82) is 0 Å². The van der Waals surface area contributed by atoms with Crippen LogP contribution >= 0.6 is 12.4 Å². The van der Waals surface area contributed by atoms with Gasteiger partial charge in [0.1, 0.15) is 5.69 Å². The zero-order valence-electron chi connectivity index (χ0n) is 32.5. The van der Waals surface area contributed by atoms with Crippen molar-refractivity contribution < 1.29 is 22.0 Å². The Morgan fingerprint density at radius 3 is 0.680 bits per heavy atom. The van der Waals surface area contributed by atoms with Crippen molar-refractivity contribution in [3.63, 3.8) is 0 Å². The maximum atomic E-state index is 14.7. The highest BCUT2D eigenvalue weighted by Gasteiger charge is 2.28. The van der Waals surface area contributed by atoms with Gasteiger partial charge in [0, 0.05) is 13.1 Å². The smallest absolute Gasteiger partial charge is 0.200 e. The molecular formula is C43H77ClF5N. The molecule has 0 heterocycles. The lowest BCUT2D eigenvalue weighted by molar-refractivity contribution is 0.377. The molecule has 296 valence electrons. The molecule has 0 amide bonds. The van der Waals surface area contributed by atoms with Crippen molar-refractivity contribution in [3.8, 4) is 0 Å². The molecule has 0 spiro atoms. The van der Waals surface area contributed by atoms with Crippen LogP contribution < -0.4 is 4.90 Å². The average molecular weight is 739 g/mol. The van der Waals surface area contributed by atoms with Gasteiger partial charge in [-0.05, 0) is 12.8 Å². The van der Waals surface area contributed by atoms with Crippen LogP contribution in [0.3, 0.4) is 0 Å². The Morgan fingerprint density at radius 2 is 0.460 bits per heavy atom. The lowest BCUT2D eigenvalue weighted by Crippen LogP contribution is -2.29. The predicted molar refractivity (Wildman–Crippen MR) is 209 cm³/mol. The molecule has 7 heteroatoms. The van der Waals surface area contributed by atoms with E-state index in [1.807, 2.05) is 0 Å². The molecule has 0 unspecified atom stereocenters. The summed E-state index contributed by atoms with van der Waals surface area (Å²) in [4.78, 5) is 1.41. The van der Waals surface area contributed by atoms with Gasteiger partial charge in [-0.25, -0.2) is 22.0 Å². The van der Waals surface area contributed by atoms with Gasteiger partial charge in [0.25, 0.3) is 0 Å². The third kappa shape index (κ3) is 24.2. The molecule has 0 atom stereocenters. The number of rotatable bonds is 36. The van der Waals surface area contributed by atoms with Crippen LogP contribution in [0.15, 0.2) is 0 Å². The summed E-state index contributed by atoms with van der Waals surface area (Å²) in [6.45, 7) is 5.12. The number of halogens is 6. The number of hydrogen-bond acceptors (Lipinski definition) is 1. The number of benzene rings is 1. The van der Waals surface area contributed by atoms with E-state index in [0.29, 0.717) is 25.9 Å². The molecule has 50 heavy (non-hydrogen) atoms. The van der Waals surface area contributed by atoms with Gasteiger partial charge in [-0.3, -0.25) is 0 Å². The second-order valence-electron chi connectivity index (χ2n) is 14.9. The Hall–Kier alpha value is -1.04. The Kier molecular flexibility index (Phi) is 34.3. The molecule has 0 aliphatic rings. The summed E-state index contributed by atoms with van der Waals surface area (Å²) in [6, 6.07) is 0. The summed E-state index contributed by atoms with van der Waals surface area (Å²) < 4.78 is 71.3. The predicted octanol–water partition coefficient (Wildman–Crippen LogP) is 16.5. The highest BCUT2D eigenvalue weighted by molar-refractivity contribution is 5.85. The zero-order valence-corrected chi connectivity index (χ0v) is 33.3. The molecule has 0 aromatic heterocycles. The number of unbranched alkanes of at least 4 members (excludes halogenated alkanes) is 31. The van der Waals surface area contributed by atoms with Gasteiger partial charge in [0.05, 0.1) is 0 Å². The van der Waals surface area contributed by atoms with Crippen LogP contribution in [0.1, 0.15) is 226 Å². The third-order valence-electron chi connectivity index (χ3n) is 10.3. The Morgan fingerprint density at radius 1 is 0.280 bits per heavy atom. The third-order valence-corrected chi connectivity index (χ3v) is 10.3. The van der Waals surface area contributed by atoms with E-state index < -0.39 is 34.8 Å². The Labute approximate surface area is 312 Å². The van der Waals surface area contributed by atoms with E-state index in [2.05, 4.69) is 13.8 Å². The molecule has 1 rings (SSSR count). The van der Waals surface area contributed by atoms with Crippen LogP contribution in [0, 0.1) is 29.1 Å². The molecule has 0 fully saturated rings. The molecule has 0 N–H and O–H groups in total. The fourth-order valence-electron chi connectivity index (χ4n) is 7.08. The van der Waals surface area contributed by atoms with Crippen molar-refractivity contribution in [1.82, 2.24) is 0 Å². The van der Waals surface area contributed by atoms with Gasteiger partial charge >= 0.3 is 0 Å². The number of hydrogen-bond donors (Lipinski definition) is 0. The maximum absolute atomic E-state index is 14.7. The van der Waals surface area contributed by atoms with Crippen LogP contribution in [0.5, 0.6) is 0 Å². The Bertz CT molecular complexity index is 870. The Balaban J connectivity index is 0.0000240. The molecular weight excluding hydrogens is 661 g/mol. The first-order chi connectivity index (χ1) is 24.0. The second-order valence-corrected chi connectivity index (χ2v) is 14.9. The fraction of sp³-hybridized carbons (Fsp3) is 0.860.